The lowest BCUT2D eigenvalue weighted by Gasteiger charge is -2.25. The number of carbonyl (C=O) groups is 2. The van der Waals surface area contributed by atoms with Gasteiger partial charge in [-0.3, -0.25) is 9.59 Å². The van der Waals surface area contributed by atoms with Crippen LogP contribution in [0, 0.1) is 0 Å². The maximum Gasteiger partial charge on any atom is 0.405 e. The van der Waals surface area contributed by atoms with Crippen LogP contribution in [0.3, 0.4) is 0 Å². The Morgan fingerprint density at radius 3 is 2.60 bits per heavy atom. The molecule has 0 bridgehead atoms. The van der Waals surface area contributed by atoms with Gasteiger partial charge in [0.05, 0.1) is 19.8 Å². The fourth-order valence-corrected chi connectivity index (χ4v) is 2.72. The van der Waals surface area contributed by atoms with E-state index in [0.29, 0.717) is 24.3 Å². The zero-order chi connectivity index (χ0) is 18.6. The van der Waals surface area contributed by atoms with Crippen LogP contribution in [-0.2, 0) is 4.79 Å². The van der Waals surface area contributed by atoms with Crippen molar-refractivity contribution in [3.8, 4) is 11.5 Å². The Balaban J connectivity index is 2.19. The van der Waals surface area contributed by atoms with Crippen LogP contribution >= 0.6 is 0 Å². The van der Waals surface area contributed by atoms with Crippen LogP contribution in [0.25, 0.3) is 0 Å². The molecule has 2 amide bonds. The molecule has 0 saturated carbocycles. The van der Waals surface area contributed by atoms with Gasteiger partial charge in [0, 0.05) is 6.54 Å². The van der Waals surface area contributed by atoms with E-state index in [9.17, 15) is 22.8 Å². The van der Waals surface area contributed by atoms with Crippen LogP contribution in [0.15, 0.2) is 18.2 Å². The molecule has 2 rings (SSSR count). The van der Waals surface area contributed by atoms with Crippen molar-refractivity contribution in [2.45, 2.75) is 25.1 Å². The first-order chi connectivity index (χ1) is 11.8. The molecule has 1 aromatic carbocycles. The number of likely N-dealkylation sites (tertiary alicyclic amines) is 1. The summed E-state index contributed by atoms with van der Waals surface area (Å²) in [7, 11) is 2.84. The van der Waals surface area contributed by atoms with Crippen molar-refractivity contribution in [2.24, 2.45) is 0 Å². The molecule has 138 valence electrons. The van der Waals surface area contributed by atoms with E-state index >= 15 is 0 Å². The van der Waals surface area contributed by atoms with E-state index in [1.54, 1.807) is 12.1 Å². The minimum atomic E-state index is -4.50. The van der Waals surface area contributed by atoms with Gasteiger partial charge in [0.15, 0.2) is 0 Å². The quantitative estimate of drug-likeness (QED) is 0.872. The van der Waals surface area contributed by atoms with Crippen LogP contribution in [-0.4, -0.2) is 56.2 Å². The molecule has 1 saturated heterocycles. The van der Waals surface area contributed by atoms with Gasteiger partial charge in [-0.25, -0.2) is 0 Å². The van der Waals surface area contributed by atoms with Crippen molar-refractivity contribution in [3.05, 3.63) is 23.8 Å². The van der Waals surface area contributed by atoms with E-state index in [-0.39, 0.29) is 12.1 Å². The van der Waals surface area contributed by atoms with Crippen molar-refractivity contribution in [3.63, 3.8) is 0 Å². The molecule has 0 radical (unpaired) electrons. The molecule has 1 N–H and O–H groups in total. The van der Waals surface area contributed by atoms with Crippen molar-refractivity contribution in [1.82, 2.24) is 10.2 Å². The molecule has 25 heavy (non-hydrogen) atoms. The zero-order valence-electron chi connectivity index (χ0n) is 13.9. The standard InChI is InChI=1S/C16H19F3N2O4/c1-24-10-5-6-13(25-2)11(8-10)15(23)21-7-3-4-12(21)14(22)20-9-16(17,18)19/h5-6,8,12H,3-4,7,9H2,1-2H3,(H,20,22)/t12-/m0/s1. The van der Waals surface area contributed by atoms with Crippen molar-refractivity contribution in [2.75, 3.05) is 27.3 Å². The third-order valence-electron chi connectivity index (χ3n) is 3.92. The summed E-state index contributed by atoms with van der Waals surface area (Å²) in [6.45, 7) is -1.14. The molecule has 0 unspecified atom stereocenters. The van der Waals surface area contributed by atoms with Crippen LogP contribution in [0.1, 0.15) is 23.2 Å². The fraction of sp³-hybridized carbons (Fsp3) is 0.500. The summed E-state index contributed by atoms with van der Waals surface area (Å²) in [5.74, 6) is -0.570. The minimum absolute atomic E-state index is 0.192. The smallest absolute Gasteiger partial charge is 0.405 e. The van der Waals surface area contributed by atoms with Crippen LogP contribution in [0.5, 0.6) is 11.5 Å². The van der Waals surface area contributed by atoms with E-state index in [0.717, 1.165) is 0 Å². The minimum Gasteiger partial charge on any atom is -0.497 e. The van der Waals surface area contributed by atoms with E-state index in [1.165, 1.54) is 25.2 Å². The molecule has 1 heterocycles. The Hall–Kier alpha value is -2.45. The van der Waals surface area contributed by atoms with Gasteiger partial charge in [-0.2, -0.15) is 13.2 Å². The van der Waals surface area contributed by atoms with E-state index < -0.39 is 30.6 Å². The summed E-state index contributed by atoms with van der Waals surface area (Å²) in [5, 5.41) is 1.84. The Labute approximate surface area is 142 Å². The van der Waals surface area contributed by atoms with Gasteiger partial charge in [-0.05, 0) is 31.0 Å². The van der Waals surface area contributed by atoms with Gasteiger partial charge in [0.1, 0.15) is 24.1 Å². The summed E-state index contributed by atoms with van der Waals surface area (Å²) in [4.78, 5) is 26.1. The largest absolute Gasteiger partial charge is 0.497 e. The third kappa shape index (κ3) is 4.55. The van der Waals surface area contributed by atoms with Crippen LogP contribution in [0.4, 0.5) is 13.2 Å². The van der Waals surface area contributed by atoms with Gasteiger partial charge >= 0.3 is 6.18 Å². The van der Waals surface area contributed by atoms with Gasteiger partial charge in [0.25, 0.3) is 5.91 Å². The summed E-state index contributed by atoms with van der Waals surface area (Å²) < 4.78 is 47.1. The highest BCUT2D eigenvalue weighted by Crippen LogP contribution is 2.28. The average Bonchev–Trinajstić information content (AvgIpc) is 3.07. The Bertz CT molecular complexity index is 649. The molecule has 9 heteroatoms. The SMILES string of the molecule is COc1ccc(OC)c(C(=O)N2CCC[C@H]2C(=O)NCC(F)(F)F)c1. The second-order valence-corrected chi connectivity index (χ2v) is 5.56. The van der Waals surface area contributed by atoms with Crippen molar-refractivity contribution < 1.29 is 32.2 Å². The molecule has 1 aliphatic heterocycles. The van der Waals surface area contributed by atoms with Gasteiger partial charge in [0.2, 0.25) is 5.91 Å². The predicted octanol–water partition coefficient (Wildman–Crippen LogP) is 1.99. The number of nitrogens with one attached hydrogen (secondary N) is 1. The highest BCUT2D eigenvalue weighted by Gasteiger charge is 2.37. The van der Waals surface area contributed by atoms with Crippen LogP contribution < -0.4 is 14.8 Å². The maximum atomic E-state index is 12.8. The van der Waals surface area contributed by atoms with Crippen molar-refractivity contribution in [1.29, 1.82) is 0 Å². The molecule has 1 aliphatic rings. The Morgan fingerprint density at radius 1 is 1.28 bits per heavy atom. The molecule has 1 aromatic rings. The van der Waals surface area contributed by atoms with Gasteiger partial charge in [-0.15, -0.1) is 0 Å². The fourth-order valence-electron chi connectivity index (χ4n) is 2.72. The van der Waals surface area contributed by atoms with E-state index in [2.05, 4.69) is 0 Å². The number of hydrogen-bond donors (Lipinski definition) is 1. The number of carbonyl (C=O) groups excluding carboxylic acids is 2. The topological polar surface area (TPSA) is 67.9 Å². The number of benzene rings is 1. The summed E-state index contributed by atoms with van der Waals surface area (Å²) in [5.41, 5.74) is 0.192. The molecular formula is C16H19F3N2O4. The highest BCUT2D eigenvalue weighted by molar-refractivity contribution is 6.00. The first-order valence-corrected chi connectivity index (χ1v) is 7.64. The maximum absolute atomic E-state index is 12.8. The highest BCUT2D eigenvalue weighted by atomic mass is 19.4. The second-order valence-electron chi connectivity index (χ2n) is 5.56. The zero-order valence-corrected chi connectivity index (χ0v) is 13.9. The molecule has 0 spiro atoms. The molecule has 0 aromatic heterocycles. The number of ether oxygens (including phenoxy) is 2. The van der Waals surface area contributed by atoms with Crippen LogP contribution in [0.2, 0.25) is 0 Å². The summed E-state index contributed by atoms with van der Waals surface area (Å²) in [6.07, 6.45) is -3.66. The Morgan fingerprint density at radius 2 is 2.00 bits per heavy atom. The van der Waals surface area contributed by atoms with Gasteiger partial charge in [-0.1, -0.05) is 0 Å². The summed E-state index contributed by atoms with van der Waals surface area (Å²) >= 11 is 0. The molecule has 1 fully saturated rings. The molecular weight excluding hydrogens is 341 g/mol. The lowest BCUT2D eigenvalue weighted by Crippen LogP contribution is -2.48. The van der Waals surface area contributed by atoms with Gasteiger partial charge < -0.3 is 19.7 Å². The molecule has 0 aliphatic carbocycles. The second kappa shape index (κ2) is 7.62. The number of alkyl halides is 3. The number of methoxy groups -OCH3 is 2. The predicted molar refractivity (Wildman–Crippen MR) is 82.7 cm³/mol. The van der Waals surface area contributed by atoms with E-state index in [1.807, 2.05) is 5.32 Å². The number of amides is 2. The monoisotopic (exact) mass is 360 g/mol. The first-order valence-electron chi connectivity index (χ1n) is 7.64. The summed E-state index contributed by atoms with van der Waals surface area (Å²) in [6, 6.07) is 3.71. The number of hydrogen-bond acceptors (Lipinski definition) is 4. The molecule has 6 nitrogen and oxygen atoms in total. The molecule has 1 atom stereocenters. The number of rotatable bonds is 5. The first kappa shape index (κ1) is 18.9. The number of nitrogens with zero attached hydrogens (tertiary/aromatic N) is 1. The Kier molecular flexibility index (Phi) is 5.76. The third-order valence-corrected chi connectivity index (χ3v) is 3.92. The average molecular weight is 360 g/mol. The number of halogens is 3. The van der Waals surface area contributed by atoms with E-state index in [4.69, 9.17) is 9.47 Å². The normalized spacial score (nSPS) is 17.3. The van der Waals surface area contributed by atoms with Crippen molar-refractivity contribution >= 4 is 11.8 Å². The lowest BCUT2D eigenvalue weighted by atomic mass is 10.1. The lowest BCUT2D eigenvalue weighted by molar-refractivity contribution is -0.140.